The molecule has 0 saturated carbocycles. The van der Waals surface area contributed by atoms with Gasteiger partial charge < -0.3 is 5.11 Å². The number of nitrogens with zero attached hydrogens (tertiary/aromatic N) is 2. The Hall–Kier alpha value is -2.12. The van der Waals surface area contributed by atoms with Gasteiger partial charge in [0, 0.05) is 13.0 Å². The van der Waals surface area contributed by atoms with Crippen molar-refractivity contribution >= 4 is 47.0 Å². The molecule has 0 aliphatic carbocycles. The second-order valence-electron chi connectivity index (χ2n) is 4.88. The first-order chi connectivity index (χ1) is 10.8. The maximum atomic E-state index is 12.2. The Morgan fingerprint density at radius 3 is 2.30 bits per heavy atom. The molecule has 4 amide bonds. The molecule has 7 nitrogen and oxygen atoms in total. The number of carboxylic acid groups (broad SMARTS) is 1. The number of hydrogen-bond acceptors (Lipinski definition) is 4. The standard InChI is InChI=1S/C14H12Cl2N2O5/c15-9-4-3-8(6-10(9)16)7-18-13(22)12(21)17(14(18)23)5-1-2-11(19)20/h3-4,6H,1-2,5,7H2,(H,19,20). The van der Waals surface area contributed by atoms with Crippen LogP contribution in [-0.2, 0) is 20.9 Å². The Labute approximate surface area is 141 Å². The average molecular weight is 359 g/mol. The van der Waals surface area contributed by atoms with Crippen molar-refractivity contribution in [2.75, 3.05) is 6.54 Å². The summed E-state index contributed by atoms with van der Waals surface area (Å²) in [5, 5.41) is 9.18. The second kappa shape index (κ2) is 6.97. The fourth-order valence-corrected chi connectivity index (χ4v) is 2.42. The van der Waals surface area contributed by atoms with E-state index in [1.807, 2.05) is 0 Å². The van der Waals surface area contributed by atoms with E-state index in [4.69, 9.17) is 28.3 Å². The number of rotatable bonds is 6. The number of imide groups is 2. The fourth-order valence-electron chi connectivity index (χ4n) is 2.10. The molecule has 1 heterocycles. The van der Waals surface area contributed by atoms with Crippen molar-refractivity contribution in [1.29, 1.82) is 0 Å². The monoisotopic (exact) mass is 358 g/mol. The van der Waals surface area contributed by atoms with Gasteiger partial charge in [-0.1, -0.05) is 29.3 Å². The van der Waals surface area contributed by atoms with Crippen LogP contribution in [0.2, 0.25) is 10.0 Å². The third kappa shape index (κ3) is 3.80. The molecule has 1 aliphatic heterocycles. The maximum Gasteiger partial charge on any atom is 0.334 e. The minimum absolute atomic E-state index is 0.0840. The molecule has 0 unspecified atom stereocenters. The lowest BCUT2D eigenvalue weighted by atomic mass is 10.2. The van der Waals surface area contributed by atoms with Gasteiger partial charge in [-0.3, -0.25) is 24.2 Å². The van der Waals surface area contributed by atoms with Crippen molar-refractivity contribution in [3.8, 4) is 0 Å². The van der Waals surface area contributed by atoms with E-state index >= 15 is 0 Å². The number of aliphatic carboxylic acids is 1. The van der Waals surface area contributed by atoms with Crippen LogP contribution in [0.4, 0.5) is 4.79 Å². The lowest BCUT2D eigenvalue weighted by Gasteiger charge is -2.15. The number of amides is 4. The Balaban J connectivity index is 2.09. The van der Waals surface area contributed by atoms with E-state index in [0.717, 1.165) is 9.80 Å². The van der Waals surface area contributed by atoms with Crippen LogP contribution >= 0.6 is 23.2 Å². The summed E-state index contributed by atoms with van der Waals surface area (Å²) in [6, 6.07) is 3.85. The van der Waals surface area contributed by atoms with Gasteiger partial charge in [0.05, 0.1) is 16.6 Å². The van der Waals surface area contributed by atoms with Crippen LogP contribution in [0, 0.1) is 0 Å². The SMILES string of the molecule is O=C(O)CCCN1C(=O)C(=O)N(Cc2ccc(Cl)c(Cl)c2)C1=O. The van der Waals surface area contributed by atoms with E-state index in [-0.39, 0.29) is 31.0 Å². The summed E-state index contributed by atoms with van der Waals surface area (Å²) in [4.78, 5) is 47.9. The van der Waals surface area contributed by atoms with Crippen LogP contribution in [0.25, 0.3) is 0 Å². The zero-order chi connectivity index (χ0) is 17.1. The second-order valence-corrected chi connectivity index (χ2v) is 5.69. The minimum Gasteiger partial charge on any atom is -0.481 e. The molecule has 0 radical (unpaired) electrons. The van der Waals surface area contributed by atoms with Crippen molar-refractivity contribution in [1.82, 2.24) is 9.80 Å². The summed E-state index contributed by atoms with van der Waals surface area (Å²) in [5.41, 5.74) is 0.543. The van der Waals surface area contributed by atoms with Crippen molar-refractivity contribution < 1.29 is 24.3 Å². The normalized spacial score (nSPS) is 14.8. The first-order valence-corrected chi connectivity index (χ1v) is 7.40. The first-order valence-electron chi connectivity index (χ1n) is 6.64. The molecule has 0 atom stereocenters. The predicted molar refractivity (Wildman–Crippen MR) is 81.0 cm³/mol. The van der Waals surface area contributed by atoms with Gasteiger partial charge in [0.1, 0.15) is 0 Å². The van der Waals surface area contributed by atoms with Gasteiger partial charge in [-0.2, -0.15) is 0 Å². The molecule has 1 aliphatic rings. The topological polar surface area (TPSA) is 95.0 Å². The Kier molecular flexibility index (Phi) is 5.23. The molecular formula is C14H12Cl2N2O5. The molecule has 2 rings (SSSR count). The van der Waals surface area contributed by atoms with Gasteiger partial charge >= 0.3 is 23.8 Å². The third-order valence-corrected chi connectivity index (χ3v) is 3.97. The van der Waals surface area contributed by atoms with Crippen molar-refractivity contribution in [2.24, 2.45) is 0 Å². The number of carbonyl (C=O) groups is 4. The Bertz CT molecular complexity index is 692. The summed E-state index contributed by atoms with van der Waals surface area (Å²) in [6.45, 7) is -0.233. The molecule has 0 spiro atoms. The van der Waals surface area contributed by atoms with Gasteiger partial charge in [0.15, 0.2) is 0 Å². The maximum absolute atomic E-state index is 12.2. The van der Waals surface area contributed by atoms with Crippen LogP contribution in [-0.4, -0.2) is 45.3 Å². The largest absolute Gasteiger partial charge is 0.481 e. The molecule has 1 saturated heterocycles. The van der Waals surface area contributed by atoms with Gasteiger partial charge in [-0.05, 0) is 24.1 Å². The summed E-state index contributed by atoms with van der Waals surface area (Å²) in [6.07, 6.45) is -0.112. The van der Waals surface area contributed by atoms with E-state index in [2.05, 4.69) is 0 Å². The number of urea groups is 1. The van der Waals surface area contributed by atoms with Crippen LogP contribution in [0.15, 0.2) is 18.2 Å². The van der Waals surface area contributed by atoms with Crippen molar-refractivity contribution in [3.63, 3.8) is 0 Å². The van der Waals surface area contributed by atoms with Gasteiger partial charge in [0.25, 0.3) is 0 Å². The van der Waals surface area contributed by atoms with Crippen molar-refractivity contribution in [3.05, 3.63) is 33.8 Å². The van der Waals surface area contributed by atoms with Gasteiger partial charge in [-0.25, -0.2) is 4.79 Å². The average Bonchev–Trinajstić information content (AvgIpc) is 2.68. The van der Waals surface area contributed by atoms with Crippen LogP contribution in [0.1, 0.15) is 18.4 Å². The molecule has 0 bridgehead atoms. The number of benzene rings is 1. The van der Waals surface area contributed by atoms with E-state index in [1.54, 1.807) is 6.07 Å². The number of halogens is 2. The minimum atomic E-state index is -1.04. The molecule has 1 N–H and O–H groups in total. The number of hydrogen-bond donors (Lipinski definition) is 1. The van der Waals surface area contributed by atoms with Crippen LogP contribution in [0.3, 0.4) is 0 Å². The predicted octanol–water partition coefficient (Wildman–Crippen LogP) is 2.15. The fraction of sp³-hybridized carbons (Fsp3) is 0.286. The third-order valence-electron chi connectivity index (χ3n) is 3.23. The highest BCUT2D eigenvalue weighted by Gasteiger charge is 2.43. The van der Waals surface area contributed by atoms with E-state index in [9.17, 15) is 19.2 Å². The van der Waals surface area contributed by atoms with E-state index in [1.165, 1.54) is 12.1 Å². The highest BCUT2D eigenvalue weighted by molar-refractivity contribution is 6.44. The highest BCUT2D eigenvalue weighted by atomic mass is 35.5. The quantitative estimate of drug-likeness (QED) is 0.620. The van der Waals surface area contributed by atoms with E-state index in [0.29, 0.717) is 10.6 Å². The highest BCUT2D eigenvalue weighted by Crippen LogP contribution is 2.24. The zero-order valence-corrected chi connectivity index (χ0v) is 13.3. The number of carboxylic acids is 1. The molecule has 23 heavy (non-hydrogen) atoms. The van der Waals surface area contributed by atoms with Gasteiger partial charge in [-0.15, -0.1) is 0 Å². The molecule has 122 valence electrons. The van der Waals surface area contributed by atoms with Gasteiger partial charge in [0.2, 0.25) is 0 Å². The Morgan fingerprint density at radius 1 is 1.04 bits per heavy atom. The molecule has 0 aromatic heterocycles. The van der Waals surface area contributed by atoms with E-state index < -0.39 is 23.8 Å². The molecule has 9 heteroatoms. The summed E-state index contributed by atoms with van der Waals surface area (Å²) < 4.78 is 0. The zero-order valence-electron chi connectivity index (χ0n) is 11.8. The molecule has 1 fully saturated rings. The number of carbonyl (C=O) groups excluding carboxylic acids is 3. The van der Waals surface area contributed by atoms with Crippen molar-refractivity contribution in [2.45, 2.75) is 19.4 Å². The first kappa shape index (κ1) is 17.2. The summed E-state index contributed by atoms with van der Waals surface area (Å²) >= 11 is 11.7. The summed E-state index contributed by atoms with van der Waals surface area (Å²) in [7, 11) is 0. The van der Waals surface area contributed by atoms with Crippen LogP contribution < -0.4 is 0 Å². The molecule has 1 aromatic carbocycles. The lowest BCUT2D eigenvalue weighted by Crippen LogP contribution is -2.34. The smallest absolute Gasteiger partial charge is 0.334 e. The Morgan fingerprint density at radius 2 is 1.70 bits per heavy atom. The lowest BCUT2D eigenvalue weighted by molar-refractivity contribution is -0.143. The molecule has 1 aromatic rings. The van der Waals surface area contributed by atoms with Crippen LogP contribution in [0.5, 0.6) is 0 Å². The molecular weight excluding hydrogens is 347 g/mol. The summed E-state index contributed by atoms with van der Waals surface area (Å²) in [5.74, 6) is -2.94.